The lowest BCUT2D eigenvalue weighted by atomic mass is 10.2. The molecule has 1 aliphatic carbocycles. The van der Waals surface area contributed by atoms with Gasteiger partial charge in [0, 0.05) is 13.2 Å². The predicted molar refractivity (Wildman–Crippen MR) is 76.4 cm³/mol. The van der Waals surface area contributed by atoms with Gasteiger partial charge in [-0.2, -0.15) is 4.98 Å². The largest absolute Gasteiger partial charge is 0.473 e. The first-order valence-corrected chi connectivity index (χ1v) is 7.09. The molecule has 1 heterocycles. The van der Waals surface area contributed by atoms with Gasteiger partial charge in [0.1, 0.15) is 6.61 Å². The van der Waals surface area contributed by atoms with Crippen molar-refractivity contribution < 1.29 is 14.4 Å². The van der Waals surface area contributed by atoms with Crippen LogP contribution in [0.2, 0.25) is 0 Å². The van der Waals surface area contributed by atoms with Crippen LogP contribution >= 0.6 is 0 Å². The van der Waals surface area contributed by atoms with E-state index in [2.05, 4.69) is 15.3 Å². The fraction of sp³-hybridized carbons (Fsp3) is 0.692. The molecule has 1 aromatic rings. The molecular formula is C13H20N4O4. The Morgan fingerprint density at radius 2 is 2.10 bits per heavy atom. The first kappa shape index (κ1) is 15.4. The number of nitrogens with zero attached hydrogens (tertiary/aromatic N) is 3. The maximum absolute atomic E-state index is 11.3. The van der Waals surface area contributed by atoms with Crippen LogP contribution in [0.25, 0.3) is 0 Å². The van der Waals surface area contributed by atoms with Crippen molar-refractivity contribution in [2.75, 3.05) is 19.0 Å². The van der Waals surface area contributed by atoms with Crippen molar-refractivity contribution in [1.29, 1.82) is 0 Å². The fourth-order valence-electron chi connectivity index (χ4n) is 2.44. The lowest BCUT2D eigenvalue weighted by molar-refractivity contribution is -0.385. The van der Waals surface area contributed by atoms with Crippen LogP contribution in [0.5, 0.6) is 5.88 Å². The quantitative estimate of drug-likeness (QED) is 0.608. The summed E-state index contributed by atoms with van der Waals surface area (Å²) in [4.78, 5) is 19.1. The Kier molecular flexibility index (Phi) is 5.26. The first-order valence-electron chi connectivity index (χ1n) is 7.09. The number of anilines is 1. The number of nitro groups is 1. The van der Waals surface area contributed by atoms with Crippen LogP contribution in [-0.2, 0) is 11.3 Å². The lowest BCUT2D eigenvalue weighted by Gasteiger charge is -2.15. The van der Waals surface area contributed by atoms with Crippen LogP contribution < -0.4 is 10.1 Å². The highest BCUT2D eigenvalue weighted by Gasteiger charge is 2.28. The summed E-state index contributed by atoms with van der Waals surface area (Å²) in [7, 11) is 1.52. The molecule has 0 spiro atoms. The van der Waals surface area contributed by atoms with Crippen LogP contribution in [-0.4, -0.2) is 34.6 Å². The van der Waals surface area contributed by atoms with E-state index < -0.39 is 4.92 Å². The Bertz CT molecular complexity index is 503. The van der Waals surface area contributed by atoms with E-state index in [1.807, 2.05) is 0 Å². The number of nitrogens with one attached hydrogen (secondary N) is 1. The van der Waals surface area contributed by atoms with Crippen molar-refractivity contribution >= 4 is 11.5 Å². The lowest BCUT2D eigenvalue weighted by Crippen LogP contribution is -2.18. The zero-order valence-electron chi connectivity index (χ0n) is 12.3. The van der Waals surface area contributed by atoms with Gasteiger partial charge in [-0.05, 0) is 19.8 Å². The van der Waals surface area contributed by atoms with Crippen molar-refractivity contribution in [2.45, 2.75) is 45.3 Å². The van der Waals surface area contributed by atoms with E-state index in [0.717, 1.165) is 25.7 Å². The third-order valence-electron chi connectivity index (χ3n) is 3.33. The van der Waals surface area contributed by atoms with E-state index >= 15 is 0 Å². The molecule has 116 valence electrons. The second kappa shape index (κ2) is 7.16. The van der Waals surface area contributed by atoms with Gasteiger partial charge in [-0.3, -0.25) is 10.1 Å². The van der Waals surface area contributed by atoms with Gasteiger partial charge in [0.05, 0.1) is 11.5 Å². The summed E-state index contributed by atoms with van der Waals surface area (Å²) in [6.07, 6.45) is 4.23. The molecule has 0 bridgehead atoms. The zero-order valence-corrected chi connectivity index (χ0v) is 12.3. The second-order valence-corrected chi connectivity index (χ2v) is 4.89. The minimum absolute atomic E-state index is 0.00922. The van der Waals surface area contributed by atoms with E-state index in [4.69, 9.17) is 9.47 Å². The summed E-state index contributed by atoms with van der Waals surface area (Å²) in [5, 5.41) is 14.5. The van der Waals surface area contributed by atoms with Gasteiger partial charge in [-0.25, -0.2) is 4.98 Å². The second-order valence-electron chi connectivity index (χ2n) is 4.89. The Morgan fingerprint density at radius 3 is 2.67 bits per heavy atom. The van der Waals surface area contributed by atoms with Crippen LogP contribution in [0.4, 0.5) is 11.5 Å². The van der Waals surface area contributed by atoms with Gasteiger partial charge in [0.2, 0.25) is 5.82 Å². The van der Waals surface area contributed by atoms with Crippen LogP contribution in [0.1, 0.15) is 38.4 Å². The Balaban J connectivity index is 2.38. The molecule has 8 nitrogen and oxygen atoms in total. The number of hydrogen-bond acceptors (Lipinski definition) is 7. The molecule has 1 saturated carbocycles. The molecule has 2 rings (SSSR count). The Labute approximate surface area is 123 Å². The molecule has 1 aromatic heterocycles. The molecule has 0 atom stereocenters. The molecule has 1 N–H and O–H groups in total. The molecule has 21 heavy (non-hydrogen) atoms. The van der Waals surface area contributed by atoms with Crippen molar-refractivity contribution in [3.05, 3.63) is 15.9 Å². The van der Waals surface area contributed by atoms with Crippen LogP contribution in [0.3, 0.4) is 0 Å². The minimum atomic E-state index is -0.501. The zero-order chi connectivity index (χ0) is 15.2. The standard InChI is InChI=1S/C13H20N4O4/c1-3-21-13-11(17(18)19)12(14-9-6-4-5-7-9)15-10(16-13)8-20-2/h9H,3-8H2,1-2H3,(H,14,15,16). The molecule has 1 aliphatic rings. The number of rotatable bonds is 7. The van der Waals surface area contributed by atoms with Crippen LogP contribution in [0, 0.1) is 10.1 Å². The van der Waals surface area contributed by atoms with Gasteiger partial charge in [0.25, 0.3) is 5.88 Å². The highest BCUT2D eigenvalue weighted by atomic mass is 16.6. The fourth-order valence-corrected chi connectivity index (χ4v) is 2.44. The van der Waals surface area contributed by atoms with E-state index in [1.54, 1.807) is 6.92 Å². The summed E-state index contributed by atoms with van der Waals surface area (Å²) in [6, 6.07) is 0.212. The number of methoxy groups -OCH3 is 1. The van der Waals surface area contributed by atoms with Crippen molar-refractivity contribution in [3.8, 4) is 5.88 Å². The summed E-state index contributed by atoms with van der Waals surface area (Å²) in [5.41, 5.74) is -0.205. The summed E-state index contributed by atoms with van der Waals surface area (Å²) >= 11 is 0. The number of aromatic nitrogens is 2. The number of ether oxygens (including phenoxy) is 2. The maximum Gasteiger partial charge on any atom is 0.372 e. The Morgan fingerprint density at radius 1 is 1.38 bits per heavy atom. The third-order valence-corrected chi connectivity index (χ3v) is 3.33. The average Bonchev–Trinajstić information content (AvgIpc) is 2.91. The molecule has 0 radical (unpaired) electrons. The van der Waals surface area contributed by atoms with Gasteiger partial charge in [0.15, 0.2) is 5.82 Å². The van der Waals surface area contributed by atoms with E-state index in [0.29, 0.717) is 12.4 Å². The van der Waals surface area contributed by atoms with E-state index in [9.17, 15) is 10.1 Å². The molecule has 0 unspecified atom stereocenters. The highest BCUT2D eigenvalue weighted by Crippen LogP contribution is 2.34. The average molecular weight is 296 g/mol. The van der Waals surface area contributed by atoms with Gasteiger partial charge in [-0.1, -0.05) is 12.8 Å². The van der Waals surface area contributed by atoms with Gasteiger partial charge in [-0.15, -0.1) is 0 Å². The van der Waals surface area contributed by atoms with Crippen LogP contribution in [0.15, 0.2) is 0 Å². The topological polar surface area (TPSA) is 99.4 Å². The van der Waals surface area contributed by atoms with Crippen molar-refractivity contribution in [2.24, 2.45) is 0 Å². The molecule has 0 aliphatic heterocycles. The van der Waals surface area contributed by atoms with Gasteiger partial charge < -0.3 is 14.8 Å². The predicted octanol–water partition coefficient (Wildman–Crippen LogP) is 2.28. The smallest absolute Gasteiger partial charge is 0.372 e. The molecule has 1 fully saturated rings. The maximum atomic E-state index is 11.3. The third kappa shape index (κ3) is 3.78. The monoisotopic (exact) mass is 296 g/mol. The van der Waals surface area contributed by atoms with Gasteiger partial charge >= 0.3 is 5.69 Å². The SMILES string of the molecule is CCOc1nc(COC)nc(NC2CCCC2)c1[N+](=O)[O-]. The molecule has 0 saturated heterocycles. The molecule has 0 amide bonds. The molecule has 8 heteroatoms. The minimum Gasteiger partial charge on any atom is -0.473 e. The first-order chi connectivity index (χ1) is 10.2. The van der Waals surface area contributed by atoms with E-state index in [-0.39, 0.29) is 30.0 Å². The van der Waals surface area contributed by atoms with Crippen molar-refractivity contribution in [1.82, 2.24) is 9.97 Å². The van der Waals surface area contributed by atoms with Crippen molar-refractivity contribution in [3.63, 3.8) is 0 Å². The van der Waals surface area contributed by atoms with E-state index in [1.165, 1.54) is 7.11 Å². The normalized spacial score (nSPS) is 15.1. The Hall–Kier alpha value is -1.96. The number of hydrogen-bond donors (Lipinski definition) is 1. The molecular weight excluding hydrogens is 276 g/mol. The summed E-state index contributed by atoms with van der Waals surface area (Å²) in [6.45, 7) is 2.23. The summed E-state index contributed by atoms with van der Waals surface area (Å²) < 4.78 is 10.3. The summed E-state index contributed by atoms with van der Waals surface area (Å²) in [5.74, 6) is 0.578. The highest BCUT2D eigenvalue weighted by molar-refractivity contribution is 5.62. The molecule has 0 aromatic carbocycles.